The van der Waals surface area contributed by atoms with Gasteiger partial charge in [-0.1, -0.05) is 32.9 Å². The van der Waals surface area contributed by atoms with Crippen LogP contribution in [0.25, 0.3) is 0 Å². The number of nitrogens with one attached hydrogen (secondary N) is 1. The van der Waals surface area contributed by atoms with Crippen LogP contribution in [0.1, 0.15) is 37.8 Å². The fraction of sp³-hybridized carbons (Fsp3) is 0.600. The van der Waals surface area contributed by atoms with Gasteiger partial charge in [0.2, 0.25) is 0 Å². The Morgan fingerprint density at radius 1 is 1.29 bits per heavy atom. The predicted molar refractivity (Wildman–Crippen MR) is 73.9 cm³/mol. The van der Waals surface area contributed by atoms with E-state index in [0.29, 0.717) is 11.8 Å². The number of rotatable bonds is 6. The number of hydrogen-bond acceptors (Lipinski definition) is 2. The van der Waals surface area contributed by atoms with Crippen LogP contribution in [-0.2, 0) is 6.42 Å². The Kier molecular flexibility index (Phi) is 5.49. The van der Waals surface area contributed by atoms with Gasteiger partial charge in [0.05, 0.1) is 7.11 Å². The molecule has 2 nitrogen and oxygen atoms in total. The minimum absolute atomic E-state index is 0.566. The second-order valence-corrected chi connectivity index (χ2v) is 4.83. The molecular formula is C15H25NO. The van der Waals surface area contributed by atoms with Gasteiger partial charge in [0.25, 0.3) is 0 Å². The number of aryl methyl sites for hydroxylation is 1. The first-order chi connectivity index (χ1) is 8.13. The van der Waals surface area contributed by atoms with Gasteiger partial charge in [0, 0.05) is 6.54 Å². The van der Waals surface area contributed by atoms with E-state index < -0.39 is 0 Å². The Morgan fingerprint density at radius 2 is 2.00 bits per heavy atom. The molecular weight excluding hydrogens is 210 g/mol. The predicted octanol–water partition coefficient (Wildman–Crippen LogP) is 3.22. The van der Waals surface area contributed by atoms with Crippen molar-refractivity contribution in [2.24, 2.45) is 5.92 Å². The second-order valence-electron chi connectivity index (χ2n) is 4.83. The van der Waals surface area contributed by atoms with E-state index in [9.17, 15) is 0 Å². The van der Waals surface area contributed by atoms with Crippen LogP contribution in [0.3, 0.4) is 0 Å². The van der Waals surface area contributed by atoms with Crippen molar-refractivity contribution in [3.63, 3.8) is 0 Å². The summed E-state index contributed by atoms with van der Waals surface area (Å²) in [4.78, 5) is 0. The van der Waals surface area contributed by atoms with Crippen molar-refractivity contribution in [2.75, 3.05) is 20.7 Å². The van der Waals surface area contributed by atoms with Crippen molar-refractivity contribution in [3.8, 4) is 5.75 Å². The van der Waals surface area contributed by atoms with Crippen LogP contribution in [0.2, 0.25) is 0 Å². The fourth-order valence-corrected chi connectivity index (χ4v) is 2.26. The topological polar surface area (TPSA) is 21.3 Å². The van der Waals surface area contributed by atoms with Gasteiger partial charge in [-0.3, -0.25) is 0 Å². The van der Waals surface area contributed by atoms with Crippen molar-refractivity contribution in [1.82, 2.24) is 5.32 Å². The number of hydrogen-bond donors (Lipinski definition) is 1. The first kappa shape index (κ1) is 14.0. The summed E-state index contributed by atoms with van der Waals surface area (Å²) in [5.41, 5.74) is 2.71. The molecule has 1 atom stereocenters. The van der Waals surface area contributed by atoms with Gasteiger partial charge >= 0.3 is 0 Å². The molecule has 1 unspecified atom stereocenters. The molecule has 0 saturated carbocycles. The molecule has 1 aromatic rings. The first-order valence-corrected chi connectivity index (χ1v) is 6.45. The van der Waals surface area contributed by atoms with E-state index in [-0.39, 0.29) is 0 Å². The summed E-state index contributed by atoms with van der Waals surface area (Å²) in [6.45, 7) is 7.74. The third-order valence-corrected chi connectivity index (χ3v) is 3.34. The summed E-state index contributed by atoms with van der Waals surface area (Å²) in [7, 11) is 3.75. The van der Waals surface area contributed by atoms with Crippen LogP contribution < -0.4 is 10.1 Å². The number of likely N-dealkylation sites (N-methyl/N-ethyl adjacent to an activating group) is 1. The highest BCUT2D eigenvalue weighted by molar-refractivity contribution is 5.38. The van der Waals surface area contributed by atoms with E-state index in [2.05, 4.69) is 44.3 Å². The largest absolute Gasteiger partial charge is 0.496 e. The zero-order valence-corrected chi connectivity index (χ0v) is 11.7. The summed E-state index contributed by atoms with van der Waals surface area (Å²) in [5.74, 6) is 2.21. The Hall–Kier alpha value is -1.02. The zero-order valence-electron chi connectivity index (χ0n) is 11.7. The maximum absolute atomic E-state index is 5.38. The highest BCUT2D eigenvalue weighted by atomic mass is 16.5. The molecule has 0 saturated heterocycles. The van der Waals surface area contributed by atoms with Crippen LogP contribution in [-0.4, -0.2) is 20.7 Å². The minimum Gasteiger partial charge on any atom is -0.496 e. The number of ether oxygens (including phenoxy) is 1. The SMILES string of the molecule is CCc1cc(C(CNC)C(C)C)ccc1OC. The van der Waals surface area contributed by atoms with Gasteiger partial charge in [0.1, 0.15) is 5.75 Å². The van der Waals surface area contributed by atoms with Crippen LogP contribution in [0.15, 0.2) is 18.2 Å². The zero-order chi connectivity index (χ0) is 12.8. The van der Waals surface area contributed by atoms with E-state index in [1.807, 2.05) is 7.05 Å². The molecule has 0 aromatic heterocycles. The average molecular weight is 235 g/mol. The lowest BCUT2D eigenvalue weighted by molar-refractivity contribution is 0.409. The van der Waals surface area contributed by atoms with Crippen LogP contribution in [0.4, 0.5) is 0 Å². The standard InChI is InChI=1S/C15H25NO/c1-6-12-9-13(7-8-15(12)17-5)14(10-16-4)11(2)3/h7-9,11,14,16H,6,10H2,1-5H3. The summed E-state index contributed by atoms with van der Waals surface area (Å²) in [6, 6.07) is 6.58. The number of benzene rings is 1. The number of methoxy groups -OCH3 is 1. The summed E-state index contributed by atoms with van der Waals surface area (Å²) < 4.78 is 5.38. The van der Waals surface area contributed by atoms with Crippen molar-refractivity contribution < 1.29 is 4.74 Å². The summed E-state index contributed by atoms with van der Waals surface area (Å²) >= 11 is 0. The molecule has 96 valence electrons. The molecule has 0 aliphatic rings. The van der Waals surface area contributed by atoms with E-state index in [0.717, 1.165) is 18.7 Å². The summed E-state index contributed by atoms with van der Waals surface area (Å²) in [5, 5.41) is 3.28. The minimum atomic E-state index is 0.566. The highest BCUT2D eigenvalue weighted by Gasteiger charge is 2.16. The molecule has 0 heterocycles. The maximum atomic E-state index is 5.38. The Bertz CT molecular complexity index is 347. The van der Waals surface area contributed by atoms with Crippen LogP contribution in [0.5, 0.6) is 5.75 Å². The van der Waals surface area contributed by atoms with E-state index in [1.165, 1.54) is 11.1 Å². The maximum Gasteiger partial charge on any atom is 0.122 e. The molecule has 0 fully saturated rings. The third kappa shape index (κ3) is 3.47. The van der Waals surface area contributed by atoms with E-state index >= 15 is 0 Å². The van der Waals surface area contributed by atoms with E-state index in [1.54, 1.807) is 7.11 Å². The Labute approximate surface area is 105 Å². The molecule has 0 amide bonds. The van der Waals surface area contributed by atoms with Gasteiger partial charge in [-0.25, -0.2) is 0 Å². The molecule has 1 N–H and O–H groups in total. The van der Waals surface area contributed by atoms with E-state index in [4.69, 9.17) is 4.74 Å². The fourth-order valence-electron chi connectivity index (χ4n) is 2.26. The molecule has 0 radical (unpaired) electrons. The summed E-state index contributed by atoms with van der Waals surface area (Å²) in [6.07, 6.45) is 1.02. The highest BCUT2D eigenvalue weighted by Crippen LogP contribution is 2.28. The van der Waals surface area contributed by atoms with Crippen LogP contribution in [0, 0.1) is 5.92 Å². The average Bonchev–Trinajstić information content (AvgIpc) is 2.34. The van der Waals surface area contributed by atoms with Gasteiger partial charge in [0.15, 0.2) is 0 Å². The van der Waals surface area contributed by atoms with Crippen LogP contribution >= 0.6 is 0 Å². The molecule has 0 aliphatic heterocycles. The first-order valence-electron chi connectivity index (χ1n) is 6.45. The molecule has 1 aromatic carbocycles. The molecule has 0 aliphatic carbocycles. The quantitative estimate of drug-likeness (QED) is 0.817. The van der Waals surface area contributed by atoms with Crippen molar-refractivity contribution in [3.05, 3.63) is 29.3 Å². The van der Waals surface area contributed by atoms with Crippen molar-refractivity contribution >= 4 is 0 Å². The van der Waals surface area contributed by atoms with Gasteiger partial charge in [-0.15, -0.1) is 0 Å². The van der Waals surface area contributed by atoms with Gasteiger partial charge in [-0.05, 0) is 42.5 Å². The molecule has 0 bridgehead atoms. The van der Waals surface area contributed by atoms with Crippen molar-refractivity contribution in [2.45, 2.75) is 33.1 Å². The monoisotopic (exact) mass is 235 g/mol. The Balaban J connectivity index is 3.03. The molecule has 2 heteroatoms. The smallest absolute Gasteiger partial charge is 0.122 e. The normalized spacial score (nSPS) is 12.8. The second kappa shape index (κ2) is 6.65. The molecule has 17 heavy (non-hydrogen) atoms. The molecule has 0 spiro atoms. The lowest BCUT2D eigenvalue weighted by Gasteiger charge is -2.22. The van der Waals surface area contributed by atoms with Gasteiger partial charge in [-0.2, -0.15) is 0 Å². The third-order valence-electron chi connectivity index (χ3n) is 3.34. The van der Waals surface area contributed by atoms with Crippen molar-refractivity contribution in [1.29, 1.82) is 0 Å². The van der Waals surface area contributed by atoms with Gasteiger partial charge < -0.3 is 10.1 Å². The molecule has 1 rings (SSSR count). The lowest BCUT2D eigenvalue weighted by Crippen LogP contribution is -2.21. The lowest BCUT2D eigenvalue weighted by atomic mass is 9.87. The Morgan fingerprint density at radius 3 is 2.47 bits per heavy atom.